The predicted molar refractivity (Wildman–Crippen MR) is 132 cm³/mol. The highest BCUT2D eigenvalue weighted by atomic mass is 35.5. The van der Waals surface area contributed by atoms with Crippen LogP contribution in [0.2, 0.25) is 5.02 Å². The molecule has 2 N–H and O–H groups in total. The second-order valence-electron chi connectivity index (χ2n) is 7.17. The van der Waals surface area contributed by atoms with Gasteiger partial charge in [0, 0.05) is 17.1 Å². The Kier molecular flexibility index (Phi) is 7.47. The van der Waals surface area contributed by atoms with Crippen molar-refractivity contribution < 1.29 is 9.21 Å². The quantitative estimate of drug-likeness (QED) is 0.327. The first-order chi connectivity index (χ1) is 16.1. The molecule has 4 aromatic rings. The van der Waals surface area contributed by atoms with Gasteiger partial charge in [0.2, 0.25) is 0 Å². The monoisotopic (exact) mass is 476 g/mol. The van der Waals surface area contributed by atoms with Crippen molar-refractivity contribution in [3.8, 4) is 0 Å². The fourth-order valence-electron chi connectivity index (χ4n) is 3.08. The van der Waals surface area contributed by atoms with E-state index in [9.17, 15) is 4.79 Å². The average molecular weight is 477 g/mol. The molecule has 8 heteroatoms. The number of carbonyl (C=O) groups is 1. The molecular weight excluding hydrogens is 456 g/mol. The van der Waals surface area contributed by atoms with E-state index in [1.807, 2.05) is 48.5 Å². The summed E-state index contributed by atoms with van der Waals surface area (Å²) in [7, 11) is 0. The van der Waals surface area contributed by atoms with Crippen molar-refractivity contribution in [2.75, 3.05) is 0 Å². The molecule has 0 atom stereocenters. The van der Waals surface area contributed by atoms with E-state index in [1.165, 1.54) is 4.68 Å². The average Bonchev–Trinajstić information content (AvgIpc) is 3.21. The van der Waals surface area contributed by atoms with Crippen LogP contribution in [-0.2, 0) is 13.2 Å². The molecule has 3 aromatic carbocycles. The van der Waals surface area contributed by atoms with Crippen LogP contribution in [0.1, 0.15) is 27.4 Å². The number of aromatic nitrogens is 2. The highest BCUT2D eigenvalue weighted by molar-refractivity contribution is 7.71. The van der Waals surface area contributed by atoms with E-state index >= 15 is 0 Å². The second-order valence-corrected chi connectivity index (χ2v) is 7.96. The Morgan fingerprint density at radius 3 is 2.36 bits per heavy atom. The molecule has 1 heterocycles. The van der Waals surface area contributed by atoms with Gasteiger partial charge in [-0.1, -0.05) is 72.3 Å². The molecule has 166 valence electrons. The van der Waals surface area contributed by atoms with Crippen LogP contribution in [0.5, 0.6) is 0 Å². The normalized spacial score (nSPS) is 11.4. The van der Waals surface area contributed by atoms with Crippen molar-refractivity contribution in [3.63, 3.8) is 0 Å². The second kappa shape index (κ2) is 10.9. The van der Waals surface area contributed by atoms with E-state index in [-0.39, 0.29) is 16.6 Å². The summed E-state index contributed by atoms with van der Waals surface area (Å²) in [5.74, 6) is -0.0746. The van der Waals surface area contributed by atoms with E-state index in [4.69, 9.17) is 28.2 Å². The zero-order chi connectivity index (χ0) is 23.0. The van der Waals surface area contributed by atoms with Gasteiger partial charge in [0.1, 0.15) is 5.70 Å². The molecule has 1 aromatic heterocycles. The number of amides is 1. The van der Waals surface area contributed by atoms with Gasteiger partial charge < -0.3 is 9.73 Å². The third-order valence-corrected chi connectivity index (χ3v) is 5.28. The molecular formula is C25H21ClN4O2S. The number of benzene rings is 3. The zero-order valence-electron chi connectivity index (χ0n) is 17.6. The van der Waals surface area contributed by atoms with Crippen molar-refractivity contribution in [1.82, 2.24) is 20.4 Å². The number of carbonyl (C=O) groups excluding carboxylic acids is 1. The molecule has 0 saturated heterocycles. The molecule has 0 saturated carbocycles. The molecule has 4 rings (SSSR count). The summed E-state index contributed by atoms with van der Waals surface area (Å²) >= 11 is 11.3. The van der Waals surface area contributed by atoms with Crippen LogP contribution in [0.3, 0.4) is 0 Å². The highest BCUT2D eigenvalue weighted by Gasteiger charge is 2.15. The molecule has 33 heavy (non-hydrogen) atoms. The fraction of sp³-hybridized carbons (Fsp3) is 0.0800. The number of hydrogen-bond donors (Lipinski definition) is 2. The van der Waals surface area contributed by atoms with Gasteiger partial charge in [-0.05, 0) is 53.7 Å². The lowest BCUT2D eigenvalue weighted by Gasteiger charge is -2.07. The molecule has 0 fully saturated rings. The zero-order valence-corrected chi connectivity index (χ0v) is 19.1. The van der Waals surface area contributed by atoms with Crippen LogP contribution in [0.4, 0.5) is 0 Å². The highest BCUT2D eigenvalue weighted by Crippen LogP contribution is 2.18. The Bertz CT molecular complexity index is 1300. The smallest absolute Gasteiger partial charge is 0.288 e. The topological polar surface area (TPSA) is 72.1 Å². The van der Waals surface area contributed by atoms with E-state index in [0.29, 0.717) is 29.5 Å². The lowest BCUT2D eigenvalue weighted by atomic mass is 10.1. The molecule has 0 spiro atoms. The Labute approximate surface area is 201 Å². The van der Waals surface area contributed by atoms with E-state index < -0.39 is 0 Å². The van der Waals surface area contributed by atoms with Crippen molar-refractivity contribution >= 4 is 41.5 Å². The van der Waals surface area contributed by atoms with Gasteiger partial charge in [-0.15, -0.1) is 5.10 Å². The third-order valence-electron chi connectivity index (χ3n) is 4.74. The fourth-order valence-corrected chi connectivity index (χ4v) is 3.39. The van der Waals surface area contributed by atoms with Gasteiger partial charge in [-0.3, -0.25) is 10.1 Å². The van der Waals surface area contributed by atoms with E-state index in [1.54, 1.807) is 42.5 Å². The van der Waals surface area contributed by atoms with Gasteiger partial charge in [0.25, 0.3) is 16.6 Å². The van der Waals surface area contributed by atoms with Crippen molar-refractivity contribution in [1.29, 1.82) is 0 Å². The van der Waals surface area contributed by atoms with Gasteiger partial charge in [-0.25, -0.2) is 4.68 Å². The molecule has 0 aliphatic carbocycles. The Balaban J connectivity index is 1.57. The van der Waals surface area contributed by atoms with Crippen LogP contribution in [0.25, 0.3) is 11.8 Å². The summed E-state index contributed by atoms with van der Waals surface area (Å²) in [6.45, 7) is 1.01. The maximum atomic E-state index is 12.8. The van der Waals surface area contributed by atoms with Crippen LogP contribution in [0.15, 0.2) is 89.3 Å². The summed E-state index contributed by atoms with van der Waals surface area (Å²) < 4.78 is 7.27. The largest absolute Gasteiger partial charge is 0.408 e. The Hall–Kier alpha value is -3.52. The van der Waals surface area contributed by atoms with E-state index in [0.717, 1.165) is 11.1 Å². The number of hydrogen-bond acceptors (Lipinski definition) is 5. The maximum Gasteiger partial charge on any atom is 0.288 e. The van der Waals surface area contributed by atoms with Gasteiger partial charge >= 0.3 is 0 Å². The first kappa shape index (κ1) is 22.7. The standard InChI is InChI=1S/C25H21ClN4O2S/c26-21-13-11-18(12-14-21)15-22(28-23(31)20-9-5-2-6-10-20)24-29-30(25(33)32-24)17-27-16-19-7-3-1-4-8-19/h1-15,27H,16-17H2,(H,28,31)/b22-15-. The molecule has 0 bridgehead atoms. The summed E-state index contributed by atoms with van der Waals surface area (Å²) in [6.07, 6.45) is 1.76. The maximum absolute atomic E-state index is 12.8. The van der Waals surface area contributed by atoms with Gasteiger partial charge in [0.15, 0.2) is 0 Å². The van der Waals surface area contributed by atoms with Gasteiger partial charge in [0.05, 0.1) is 6.67 Å². The predicted octanol–water partition coefficient (Wildman–Crippen LogP) is 5.53. The third kappa shape index (κ3) is 6.26. The lowest BCUT2D eigenvalue weighted by Crippen LogP contribution is -2.23. The number of rotatable bonds is 8. The van der Waals surface area contributed by atoms with Crippen LogP contribution >= 0.6 is 23.8 Å². The lowest BCUT2D eigenvalue weighted by molar-refractivity contribution is 0.0973. The molecule has 1 amide bonds. The summed E-state index contributed by atoms with van der Waals surface area (Å²) in [6, 6.07) is 26.2. The molecule has 0 radical (unpaired) electrons. The van der Waals surface area contributed by atoms with Crippen molar-refractivity contribution in [3.05, 3.63) is 117 Å². The Morgan fingerprint density at radius 2 is 1.67 bits per heavy atom. The number of nitrogens with one attached hydrogen (secondary N) is 2. The minimum Gasteiger partial charge on any atom is -0.408 e. The summed E-state index contributed by atoms with van der Waals surface area (Å²) in [5.41, 5.74) is 2.87. The van der Waals surface area contributed by atoms with Crippen molar-refractivity contribution in [2.45, 2.75) is 13.2 Å². The molecule has 6 nitrogen and oxygen atoms in total. The first-order valence-electron chi connectivity index (χ1n) is 10.2. The first-order valence-corrected chi connectivity index (χ1v) is 11.0. The van der Waals surface area contributed by atoms with Crippen LogP contribution in [0, 0.1) is 4.84 Å². The van der Waals surface area contributed by atoms with Gasteiger partial charge in [-0.2, -0.15) is 0 Å². The van der Waals surface area contributed by atoms with Crippen LogP contribution < -0.4 is 10.6 Å². The molecule has 0 aliphatic heterocycles. The summed E-state index contributed by atoms with van der Waals surface area (Å²) in [4.78, 5) is 13.0. The minimum atomic E-state index is -0.284. The van der Waals surface area contributed by atoms with Crippen molar-refractivity contribution in [2.24, 2.45) is 0 Å². The number of nitrogens with zero attached hydrogens (tertiary/aromatic N) is 2. The number of halogens is 1. The molecule has 0 aliphatic rings. The SMILES string of the molecule is O=C(N/C(=C\c1ccc(Cl)cc1)c1nn(CNCc2ccccc2)c(=S)o1)c1ccccc1. The van der Waals surface area contributed by atoms with E-state index in [2.05, 4.69) is 15.7 Å². The van der Waals surface area contributed by atoms with Crippen LogP contribution in [-0.4, -0.2) is 15.7 Å². The summed E-state index contributed by atoms with van der Waals surface area (Å²) in [5, 5.41) is 11.3. The minimum absolute atomic E-state index is 0.196. The molecule has 0 unspecified atom stereocenters. The Morgan fingerprint density at radius 1 is 1.00 bits per heavy atom.